The highest BCUT2D eigenvalue weighted by molar-refractivity contribution is 6.04. The summed E-state index contributed by atoms with van der Waals surface area (Å²) in [5.74, 6) is -0.201. The van der Waals surface area contributed by atoms with Crippen molar-refractivity contribution >= 4 is 5.78 Å². The third kappa shape index (κ3) is 4.00. The zero-order chi connectivity index (χ0) is 14.8. The summed E-state index contributed by atoms with van der Waals surface area (Å²) >= 11 is 0. The Morgan fingerprint density at radius 3 is 2.47 bits per heavy atom. The van der Waals surface area contributed by atoms with Crippen molar-refractivity contribution in [3.05, 3.63) is 22.8 Å². The van der Waals surface area contributed by atoms with E-state index in [4.69, 9.17) is 0 Å². The van der Waals surface area contributed by atoms with Gasteiger partial charge in [0.2, 0.25) is 0 Å². The summed E-state index contributed by atoms with van der Waals surface area (Å²) in [4.78, 5) is 12.1. The Morgan fingerprint density at radius 1 is 1.37 bits per heavy atom. The summed E-state index contributed by atoms with van der Waals surface area (Å²) < 4.78 is 0. The van der Waals surface area contributed by atoms with Crippen LogP contribution in [-0.2, 0) is 4.79 Å². The minimum atomic E-state index is -1.31. The van der Waals surface area contributed by atoms with E-state index in [0.717, 1.165) is 5.57 Å². The fourth-order valence-electron chi connectivity index (χ4n) is 2.18. The van der Waals surface area contributed by atoms with Crippen LogP contribution >= 0.6 is 0 Å². The highest BCUT2D eigenvalue weighted by Crippen LogP contribution is 2.27. The molecule has 3 N–H and O–H groups in total. The number of allylic oxidation sites excluding steroid dienone is 2. The molecule has 0 radical (unpaired) electrons. The fourth-order valence-corrected chi connectivity index (χ4v) is 2.18. The van der Waals surface area contributed by atoms with Gasteiger partial charge in [0.25, 0.3) is 0 Å². The maximum atomic E-state index is 12.1. The van der Waals surface area contributed by atoms with Crippen molar-refractivity contribution in [1.29, 1.82) is 0 Å². The standard InChI is InChI=1S/C15H24O4/c1-9(2)11-8-14(18)15(4,19)6-5-12(16)10(3)7-13(11)17/h7,12,14,16,18-19H,5-6,8H2,1-4H3/b10-7-/t12-,14-,15-/m1/s1. The van der Waals surface area contributed by atoms with E-state index < -0.39 is 17.8 Å². The van der Waals surface area contributed by atoms with Crippen molar-refractivity contribution in [2.24, 2.45) is 0 Å². The topological polar surface area (TPSA) is 77.8 Å². The van der Waals surface area contributed by atoms with E-state index in [2.05, 4.69) is 0 Å². The van der Waals surface area contributed by atoms with Crippen molar-refractivity contribution in [2.75, 3.05) is 0 Å². The number of ketones is 1. The van der Waals surface area contributed by atoms with Crippen LogP contribution in [0.2, 0.25) is 0 Å². The minimum Gasteiger partial charge on any atom is -0.390 e. The van der Waals surface area contributed by atoms with E-state index in [-0.39, 0.29) is 18.6 Å². The van der Waals surface area contributed by atoms with Gasteiger partial charge in [-0.1, -0.05) is 5.57 Å². The summed E-state index contributed by atoms with van der Waals surface area (Å²) in [5, 5.41) is 30.3. The molecule has 108 valence electrons. The second kappa shape index (κ2) is 5.99. The summed E-state index contributed by atoms with van der Waals surface area (Å²) in [6.45, 7) is 6.86. The van der Waals surface area contributed by atoms with Gasteiger partial charge in [0.05, 0.1) is 17.8 Å². The molecule has 4 nitrogen and oxygen atoms in total. The molecule has 1 rings (SSSR count). The van der Waals surface area contributed by atoms with Crippen LogP contribution in [0.5, 0.6) is 0 Å². The van der Waals surface area contributed by atoms with Crippen LogP contribution in [0, 0.1) is 0 Å². The zero-order valence-electron chi connectivity index (χ0n) is 12.1. The van der Waals surface area contributed by atoms with Gasteiger partial charge in [0.15, 0.2) is 5.78 Å². The molecule has 0 amide bonds. The summed E-state index contributed by atoms with van der Waals surface area (Å²) in [7, 11) is 0. The fraction of sp³-hybridized carbons (Fsp3) is 0.667. The second-order valence-corrected chi connectivity index (χ2v) is 5.86. The molecule has 0 aromatic heterocycles. The number of hydrogen-bond acceptors (Lipinski definition) is 4. The third-order valence-corrected chi connectivity index (χ3v) is 3.82. The minimum absolute atomic E-state index is 0.133. The van der Waals surface area contributed by atoms with Crippen LogP contribution < -0.4 is 0 Å². The van der Waals surface area contributed by atoms with Crippen molar-refractivity contribution in [3.8, 4) is 0 Å². The molecule has 19 heavy (non-hydrogen) atoms. The summed E-state index contributed by atoms with van der Waals surface area (Å²) in [6.07, 6.45) is 0.391. The Kier molecular flexibility index (Phi) is 5.07. The molecule has 4 heteroatoms. The molecular formula is C15H24O4. The molecule has 3 atom stereocenters. The smallest absolute Gasteiger partial charge is 0.181 e. The third-order valence-electron chi connectivity index (χ3n) is 3.82. The molecule has 0 spiro atoms. The first-order chi connectivity index (χ1) is 8.65. The molecule has 0 aromatic carbocycles. The van der Waals surface area contributed by atoms with Gasteiger partial charge < -0.3 is 15.3 Å². The molecule has 0 aliphatic heterocycles. The quantitative estimate of drug-likeness (QED) is 0.582. The lowest BCUT2D eigenvalue weighted by molar-refractivity contribution is -0.113. The summed E-state index contributed by atoms with van der Waals surface area (Å²) in [5.41, 5.74) is 0.607. The van der Waals surface area contributed by atoms with Crippen LogP contribution in [0.1, 0.15) is 47.0 Å². The predicted octanol–water partition coefficient (Wildman–Crippen LogP) is 1.49. The number of carbonyl (C=O) groups excluding carboxylic acids is 1. The van der Waals surface area contributed by atoms with Gasteiger partial charge >= 0.3 is 0 Å². The number of aliphatic hydroxyl groups excluding tert-OH is 2. The normalized spacial score (nSPS) is 36.7. The molecule has 0 heterocycles. The van der Waals surface area contributed by atoms with Crippen molar-refractivity contribution in [3.63, 3.8) is 0 Å². The van der Waals surface area contributed by atoms with Gasteiger partial charge in [-0.2, -0.15) is 0 Å². The SMILES string of the molecule is CC(C)=C1C[C@@H](O)[C@](C)(O)CC[C@@H](O)/C(C)=C\C1=O. The number of hydrogen-bond donors (Lipinski definition) is 3. The molecule has 0 saturated carbocycles. The van der Waals surface area contributed by atoms with Crippen molar-refractivity contribution in [1.82, 2.24) is 0 Å². The highest BCUT2D eigenvalue weighted by atomic mass is 16.3. The van der Waals surface area contributed by atoms with Crippen LogP contribution in [0.3, 0.4) is 0 Å². The second-order valence-electron chi connectivity index (χ2n) is 5.86. The lowest BCUT2D eigenvalue weighted by Crippen LogP contribution is -2.41. The maximum absolute atomic E-state index is 12.1. The average Bonchev–Trinajstić information content (AvgIpc) is 2.30. The molecular weight excluding hydrogens is 244 g/mol. The monoisotopic (exact) mass is 268 g/mol. The van der Waals surface area contributed by atoms with Gasteiger partial charge in [-0.25, -0.2) is 0 Å². The van der Waals surface area contributed by atoms with Crippen LogP contribution in [-0.4, -0.2) is 38.9 Å². The maximum Gasteiger partial charge on any atom is 0.181 e. The van der Waals surface area contributed by atoms with Crippen LogP contribution in [0.15, 0.2) is 22.8 Å². The van der Waals surface area contributed by atoms with E-state index in [1.807, 2.05) is 0 Å². The molecule has 0 aromatic rings. The van der Waals surface area contributed by atoms with Crippen molar-refractivity contribution in [2.45, 2.75) is 64.8 Å². The Morgan fingerprint density at radius 2 is 1.95 bits per heavy atom. The molecule has 0 fully saturated rings. The van der Waals surface area contributed by atoms with Crippen LogP contribution in [0.25, 0.3) is 0 Å². The first-order valence-corrected chi connectivity index (χ1v) is 6.62. The van der Waals surface area contributed by atoms with E-state index in [1.54, 1.807) is 20.8 Å². The first-order valence-electron chi connectivity index (χ1n) is 6.62. The van der Waals surface area contributed by atoms with Gasteiger partial charge in [-0.05, 0) is 52.2 Å². The Balaban J connectivity index is 3.21. The lowest BCUT2D eigenvalue weighted by atomic mass is 9.84. The lowest BCUT2D eigenvalue weighted by Gasteiger charge is -2.31. The van der Waals surface area contributed by atoms with Gasteiger partial charge in [-0.15, -0.1) is 0 Å². The molecule has 1 aliphatic rings. The van der Waals surface area contributed by atoms with Crippen molar-refractivity contribution < 1.29 is 20.1 Å². The van der Waals surface area contributed by atoms with Gasteiger partial charge in [-0.3, -0.25) is 4.79 Å². The number of carbonyl (C=O) groups is 1. The first kappa shape index (κ1) is 16.1. The number of rotatable bonds is 0. The Bertz CT molecular complexity index is 414. The van der Waals surface area contributed by atoms with E-state index in [9.17, 15) is 20.1 Å². The average molecular weight is 268 g/mol. The van der Waals surface area contributed by atoms with Gasteiger partial charge in [0.1, 0.15) is 0 Å². The highest BCUT2D eigenvalue weighted by Gasteiger charge is 2.33. The van der Waals surface area contributed by atoms with E-state index in [0.29, 0.717) is 17.6 Å². The molecule has 1 aliphatic carbocycles. The van der Waals surface area contributed by atoms with E-state index >= 15 is 0 Å². The Labute approximate surface area is 114 Å². The molecule has 0 bridgehead atoms. The Hall–Kier alpha value is -0.970. The molecule has 0 unspecified atom stereocenters. The number of aliphatic hydroxyl groups is 3. The van der Waals surface area contributed by atoms with E-state index in [1.165, 1.54) is 13.0 Å². The largest absolute Gasteiger partial charge is 0.390 e. The van der Waals surface area contributed by atoms with Gasteiger partial charge in [0, 0.05) is 12.0 Å². The molecule has 0 saturated heterocycles. The summed E-state index contributed by atoms with van der Waals surface area (Å²) in [6, 6.07) is 0. The predicted molar refractivity (Wildman–Crippen MR) is 73.6 cm³/mol. The zero-order valence-corrected chi connectivity index (χ0v) is 12.1. The van der Waals surface area contributed by atoms with Crippen LogP contribution in [0.4, 0.5) is 0 Å².